The summed E-state index contributed by atoms with van der Waals surface area (Å²) in [6.45, 7) is 7.49. The van der Waals surface area contributed by atoms with Crippen LogP contribution in [0.1, 0.15) is 104 Å². The minimum Gasteiger partial charge on any atom is -0.396 e. The smallest absolute Gasteiger partial charge is 0.164 e. The molecule has 3 saturated carbocycles. The van der Waals surface area contributed by atoms with Gasteiger partial charge in [-0.3, -0.25) is 4.79 Å². The van der Waals surface area contributed by atoms with Crippen LogP contribution in [0, 0.1) is 34.5 Å². The molecule has 4 fully saturated rings. The van der Waals surface area contributed by atoms with Crippen molar-refractivity contribution < 1.29 is 24.5 Å². The molecule has 0 amide bonds. The molecule has 4 aliphatic carbocycles. The van der Waals surface area contributed by atoms with E-state index in [-0.39, 0.29) is 41.8 Å². The number of rotatable bonds is 7. The van der Waals surface area contributed by atoms with Gasteiger partial charge in [-0.15, -0.1) is 0 Å². The minimum atomic E-state index is -1.29. The molecule has 1 unspecified atom stereocenters. The first kappa shape index (κ1) is 25.9. The molecule has 5 aliphatic rings. The summed E-state index contributed by atoms with van der Waals surface area (Å²) in [7, 11) is 0. The van der Waals surface area contributed by atoms with E-state index in [0.717, 1.165) is 58.0 Å². The monoisotopic (exact) mass is 488 g/mol. The van der Waals surface area contributed by atoms with Crippen molar-refractivity contribution in [1.82, 2.24) is 0 Å². The summed E-state index contributed by atoms with van der Waals surface area (Å²) in [5.74, 6) is 1.85. The van der Waals surface area contributed by atoms with Gasteiger partial charge in [-0.1, -0.05) is 25.5 Å². The second kappa shape index (κ2) is 9.85. The summed E-state index contributed by atoms with van der Waals surface area (Å²) in [6, 6.07) is 0. The highest BCUT2D eigenvalue weighted by molar-refractivity contribution is 5.87. The molecule has 1 heterocycles. The lowest BCUT2D eigenvalue weighted by Gasteiger charge is -2.59. The Labute approximate surface area is 212 Å². The van der Waals surface area contributed by atoms with Gasteiger partial charge in [0, 0.05) is 25.6 Å². The number of aliphatic hydroxyl groups is 2. The average Bonchev–Trinajstić information content (AvgIpc) is 3.21. The van der Waals surface area contributed by atoms with Crippen LogP contribution >= 0.6 is 0 Å². The highest BCUT2D eigenvalue weighted by atomic mass is 16.7. The first-order chi connectivity index (χ1) is 16.7. The lowest BCUT2D eigenvalue weighted by atomic mass is 9.46. The molecule has 35 heavy (non-hydrogen) atoms. The topological polar surface area (TPSA) is 76.0 Å². The lowest BCUT2D eigenvalue weighted by molar-refractivity contribution is -0.195. The van der Waals surface area contributed by atoms with Gasteiger partial charge in [-0.25, -0.2) is 0 Å². The Hall–Kier alpha value is -0.750. The second-order valence-corrected chi connectivity index (χ2v) is 13.1. The molecular weight excluding hydrogens is 440 g/mol. The molecule has 0 radical (unpaired) electrons. The largest absolute Gasteiger partial charge is 0.396 e. The van der Waals surface area contributed by atoms with Gasteiger partial charge in [0.15, 0.2) is 12.1 Å². The zero-order valence-electron chi connectivity index (χ0n) is 22.3. The highest BCUT2D eigenvalue weighted by Crippen LogP contribution is 2.67. The number of hydrogen-bond donors (Lipinski definition) is 2. The van der Waals surface area contributed by atoms with Crippen molar-refractivity contribution >= 4 is 5.78 Å². The van der Waals surface area contributed by atoms with Crippen LogP contribution in [0.5, 0.6) is 0 Å². The third kappa shape index (κ3) is 4.47. The van der Waals surface area contributed by atoms with Crippen molar-refractivity contribution in [3.05, 3.63) is 11.6 Å². The molecule has 9 atom stereocenters. The van der Waals surface area contributed by atoms with Gasteiger partial charge in [-0.2, -0.15) is 0 Å². The number of ether oxygens (including phenoxy) is 2. The van der Waals surface area contributed by atoms with Gasteiger partial charge >= 0.3 is 0 Å². The molecule has 0 aromatic carbocycles. The van der Waals surface area contributed by atoms with E-state index in [1.54, 1.807) is 12.5 Å². The molecule has 5 heteroatoms. The molecule has 5 nitrogen and oxygen atoms in total. The van der Waals surface area contributed by atoms with Gasteiger partial charge in [0.2, 0.25) is 0 Å². The quantitative estimate of drug-likeness (QED) is 0.458. The zero-order valence-corrected chi connectivity index (χ0v) is 22.3. The van der Waals surface area contributed by atoms with Gasteiger partial charge in [0.05, 0.1) is 6.10 Å². The molecule has 0 spiro atoms. The third-order valence-corrected chi connectivity index (χ3v) is 11.3. The Bertz CT molecular complexity index is 814. The number of hydrogen-bond acceptors (Lipinski definition) is 5. The van der Waals surface area contributed by atoms with E-state index in [2.05, 4.69) is 19.9 Å². The normalized spacial score (nSPS) is 45.0. The van der Waals surface area contributed by atoms with E-state index in [1.807, 2.05) is 0 Å². The predicted octanol–water partition coefficient (Wildman–Crippen LogP) is 5.57. The summed E-state index contributed by atoms with van der Waals surface area (Å²) >= 11 is 0. The maximum Gasteiger partial charge on any atom is 0.164 e. The van der Waals surface area contributed by atoms with Gasteiger partial charge in [0.1, 0.15) is 5.60 Å². The Morgan fingerprint density at radius 2 is 1.97 bits per heavy atom. The van der Waals surface area contributed by atoms with Crippen LogP contribution in [0.4, 0.5) is 0 Å². The Morgan fingerprint density at radius 3 is 2.71 bits per heavy atom. The fraction of sp³-hybridized carbons (Fsp3) is 0.900. The van der Waals surface area contributed by atoms with Crippen molar-refractivity contribution in [3.8, 4) is 0 Å². The van der Waals surface area contributed by atoms with E-state index in [1.165, 1.54) is 19.3 Å². The van der Waals surface area contributed by atoms with Crippen LogP contribution < -0.4 is 0 Å². The molecule has 5 rings (SSSR count). The van der Waals surface area contributed by atoms with Gasteiger partial charge < -0.3 is 19.7 Å². The molecular formula is C30H48O5. The van der Waals surface area contributed by atoms with Crippen molar-refractivity contribution in [1.29, 1.82) is 0 Å². The number of aliphatic hydroxyl groups excluding tert-OH is 1. The first-order valence-corrected chi connectivity index (χ1v) is 14.5. The van der Waals surface area contributed by atoms with Crippen LogP contribution in [0.15, 0.2) is 11.6 Å². The molecule has 0 bridgehead atoms. The second-order valence-electron chi connectivity index (χ2n) is 13.1. The molecule has 0 aromatic heterocycles. The minimum absolute atomic E-state index is 0.00294. The predicted molar refractivity (Wildman–Crippen MR) is 136 cm³/mol. The van der Waals surface area contributed by atoms with Crippen LogP contribution in [-0.2, 0) is 14.3 Å². The maximum absolute atomic E-state index is 12.9. The first-order valence-electron chi connectivity index (χ1n) is 14.5. The van der Waals surface area contributed by atoms with Crippen molar-refractivity contribution in [2.75, 3.05) is 13.2 Å². The van der Waals surface area contributed by atoms with Crippen molar-refractivity contribution in [2.24, 2.45) is 34.5 Å². The summed E-state index contributed by atoms with van der Waals surface area (Å²) in [6.07, 6.45) is 15.8. The van der Waals surface area contributed by atoms with Crippen molar-refractivity contribution in [2.45, 2.75) is 122 Å². The Morgan fingerprint density at radius 1 is 1.14 bits per heavy atom. The summed E-state index contributed by atoms with van der Waals surface area (Å²) in [5.41, 5.74) is 0.603. The van der Waals surface area contributed by atoms with Crippen molar-refractivity contribution in [3.63, 3.8) is 0 Å². The molecule has 1 saturated heterocycles. The van der Waals surface area contributed by atoms with Gasteiger partial charge in [0.25, 0.3) is 0 Å². The molecule has 198 valence electrons. The number of Topliss-reactive ketones (excluding diaryl/α,β-unsaturated/α-hetero) is 1. The van der Waals surface area contributed by atoms with Crippen LogP contribution in [-0.4, -0.2) is 47.2 Å². The maximum atomic E-state index is 12.9. The van der Waals surface area contributed by atoms with E-state index < -0.39 is 5.60 Å². The summed E-state index contributed by atoms with van der Waals surface area (Å²) in [4.78, 5) is 12.9. The van der Waals surface area contributed by atoms with Crippen LogP contribution in [0.2, 0.25) is 0 Å². The fourth-order valence-corrected chi connectivity index (χ4v) is 9.39. The standard InChI is InChI=1S/C30H48O5/c1-28-15-13-21(35-27-8-4-5-18-34-27)19-20(28)9-10-22-23-11-12-25(29(23,2)16-14-24(22)28)30(3,33)26(32)7-6-17-31/h9,21-25,27,31,33H,4-8,10-19H2,1-3H3/t21-,22-,23-,24-,25-,27?,28-,29-,30+/m0/s1. The van der Waals surface area contributed by atoms with Crippen LogP contribution in [0.3, 0.4) is 0 Å². The zero-order chi connectivity index (χ0) is 24.8. The van der Waals surface area contributed by atoms with Crippen LogP contribution in [0.25, 0.3) is 0 Å². The number of carbonyl (C=O) groups is 1. The number of carbonyl (C=O) groups excluding carboxylic acids is 1. The number of allylic oxidation sites excluding steroid dienone is 1. The van der Waals surface area contributed by atoms with E-state index in [9.17, 15) is 15.0 Å². The van der Waals surface area contributed by atoms with E-state index in [0.29, 0.717) is 30.3 Å². The molecule has 0 aromatic rings. The number of fused-ring (bicyclic) bond motifs is 5. The van der Waals surface area contributed by atoms with E-state index in [4.69, 9.17) is 9.47 Å². The molecule has 2 N–H and O–H groups in total. The highest BCUT2D eigenvalue weighted by Gasteiger charge is 2.62. The number of ketones is 1. The third-order valence-electron chi connectivity index (χ3n) is 11.3. The van der Waals surface area contributed by atoms with E-state index >= 15 is 0 Å². The van der Waals surface area contributed by atoms with Gasteiger partial charge in [-0.05, 0) is 113 Å². The lowest BCUT2D eigenvalue weighted by Crippen LogP contribution is -2.54. The molecule has 1 aliphatic heterocycles. The average molecular weight is 489 g/mol. The SMILES string of the molecule is C[C@]12CC[C@H]3[C@@H](CC=C4C[C@@H](OC5CCCCO5)CC[C@@]43C)[C@@H]1CC[C@@H]2[C@@](C)(O)C(=O)CCCO. The summed E-state index contributed by atoms with van der Waals surface area (Å²) < 4.78 is 12.3. The Kier molecular flexibility index (Phi) is 7.28. The fourth-order valence-electron chi connectivity index (χ4n) is 9.39. The Balaban J connectivity index is 1.30. The summed E-state index contributed by atoms with van der Waals surface area (Å²) in [5, 5.41) is 20.6.